The maximum absolute atomic E-state index is 5.96. The van der Waals surface area contributed by atoms with E-state index in [0.29, 0.717) is 17.4 Å². The lowest BCUT2D eigenvalue weighted by atomic mass is 10.3. The van der Waals surface area contributed by atoms with Crippen molar-refractivity contribution in [3.63, 3.8) is 0 Å². The Balaban J connectivity index is 2.23. The Morgan fingerprint density at radius 3 is 2.62 bits per heavy atom. The molecule has 16 heavy (non-hydrogen) atoms. The van der Waals surface area contributed by atoms with Gasteiger partial charge < -0.3 is 10.2 Å². The van der Waals surface area contributed by atoms with Gasteiger partial charge in [0.15, 0.2) is 0 Å². The molecule has 0 aliphatic rings. The van der Waals surface area contributed by atoms with Gasteiger partial charge in [0.1, 0.15) is 28.9 Å². The van der Waals surface area contributed by atoms with E-state index in [9.17, 15) is 0 Å². The molecule has 0 bridgehead atoms. The van der Waals surface area contributed by atoms with Gasteiger partial charge in [-0.25, -0.2) is 4.68 Å². The van der Waals surface area contributed by atoms with Crippen molar-refractivity contribution in [1.29, 1.82) is 0 Å². The fourth-order valence-electron chi connectivity index (χ4n) is 1.54. The number of hydrogen-bond donors (Lipinski definition) is 1. The van der Waals surface area contributed by atoms with Crippen LogP contribution in [0.5, 0.6) is 0 Å². The van der Waals surface area contributed by atoms with Crippen LogP contribution in [0, 0.1) is 6.92 Å². The highest BCUT2D eigenvalue weighted by molar-refractivity contribution is 6.33. The molecular formula is C11H14ClN3O. The first-order chi connectivity index (χ1) is 7.61. The van der Waals surface area contributed by atoms with E-state index in [2.05, 4.69) is 5.10 Å². The van der Waals surface area contributed by atoms with Crippen molar-refractivity contribution in [3.8, 4) is 0 Å². The predicted molar refractivity (Wildman–Crippen MR) is 63.6 cm³/mol. The summed E-state index contributed by atoms with van der Waals surface area (Å²) < 4.78 is 7.23. The molecule has 2 N–H and O–H groups in total. The minimum Gasteiger partial charge on any atom is -0.464 e. The summed E-state index contributed by atoms with van der Waals surface area (Å²) in [5.41, 5.74) is 6.55. The van der Waals surface area contributed by atoms with E-state index < -0.39 is 0 Å². The number of nitrogens with zero attached hydrogens (tertiary/aromatic N) is 2. The maximum Gasteiger partial charge on any atom is 0.141 e. The zero-order chi connectivity index (χ0) is 11.7. The standard InChI is InChI=1S/C11H14ClN3O/c1-3-8-4-5-9(16-8)6-15-11(13)10(12)7(2)14-15/h4-5H,3,6,13H2,1-2H3. The molecule has 2 aromatic rings. The molecule has 2 rings (SSSR count). The molecule has 2 aromatic heterocycles. The van der Waals surface area contributed by atoms with Crippen molar-refractivity contribution in [2.75, 3.05) is 5.73 Å². The SMILES string of the molecule is CCc1ccc(Cn2nc(C)c(Cl)c2N)o1. The van der Waals surface area contributed by atoms with Crippen LogP contribution in [0.1, 0.15) is 24.1 Å². The fourth-order valence-corrected chi connectivity index (χ4v) is 1.68. The summed E-state index contributed by atoms with van der Waals surface area (Å²) in [7, 11) is 0. The van der Waals surface area contributed by atoms with Crippen molar-refractivity contribution in [2.45, 2.75) is 26.8 Å². The second-order valence-electron chi connectivity index (χ2n) is 3.66. The summed E-state index contributed by atoms with van der Waals surface area (Å²) in [6.07, 6.45) is 0.883. The molecule has 2 heterocycles. The van der Waals surface area contributed by atoms with Crippen LogP contribution in [0.25, 0.3) is 0 Å². The van der Waals surface area contributed by atoms with Gasteiger partial charge >= 0.3 is 0 Å². The van der Waals surface area contributed by atoms with E-state index in [1.807, 2.05) is 26.0 Å². The Bertz CT molecular complexity index is 501. The Morgan fingerprint density at radius 2 is 2.12 bits per heavy atom. The van der Waals surface area contributed by atoms with Crippen LogP contribution in [0.3, 0.4) is 0 Å². The highest BCUT2D eigenvalue weighted by Gasteiger charge is 2.11. The molecule has 0 aliphatic carbocycles. The number of nitrogens with two attached hydrogens (primary N) is 1. The summed E-state index contributed by atoms with van der Waals surface area (Å²) in [5.74, 6) is 2.28. The normalized spacial score (nSPS) is 10.9. The minimum absolute atomic E-state index is 0.480. The monoisotopic (exact) mass is 239 g/mol. The first-order valence-electron chi connectivity index (χ1n) is 5.17. The summed E-state index contributed by atoms with van der Waals surface area (Å²) in [6, 6.07) is 3.90. The quantitative estimate of drug-likeness (QED) is 0.896. The second-order valence-corrected chi connectivity index (χ2v) is 4.04. The van der Waals surface area contributed by atoms with Crippen molar-refractivity contribution in [3.05, 3.63) is 34.4 Å². The van der Waals surface area contributed by atoms with E-state index >= 15 is 0 Å². The Morgan fingerprint density at radius 1 is 1.44 bits per heavy atom. The second kappa shape index (κ2) is 4.22. The molecule has 0 fully saturated rings. The third-order valence-corrected chi connectivity index (χ3v) is 2.93. The lowest BCUT2D eigenvalue weighted by molar-refractivity contribution is 0.449. The zero-order valence-corrected chi connectivity index (χ0v) is 10.1. The average Bonchev–Trinajstić information content (AvgIpc) is 2.81. The molecule has 0 aliphatic heterocycles. The third-order valence-electron chi connectivity index (χ3n) is 2.46. The maximum atomic E-state index is 5.96. The van der Waals surface area contributed by atoms with Gasteiger partial charge in [0.25, 0.3) is 0 Å². The number of hydrogen-bond acceptors (Lipinski definition) is 3. The number of anilines is 1. The van der Waals surface area contributed by atoms with E-state index in [-0.39, 0.29) is 0 Å². The average molecular weight is 240 g/mol. The van der Waals surface area contributed by atoms with Crippen molar-refractivity contribution >= 4 is 17.4 Å². The predicted octanol–water partition coefficient (Wildman–Crippen LogP) is 2.63. The first-order valence-corrected chi connectivity index (χ1v) is 5.55. The van der Waals surface area contributed by atoms with Gasteiger partial charge in [-0.05, 0) is 19.1 Å². The van der Waals surface area contributed by atoms with E-state index in [1.54, 1.807) is 4.68 Å². The molecule has 0 spiro atoms. The van der Waals surface area contributed by atoms with Gasteiger partial charge in [-0.3, -0.25) is 0 Å². The Labute approximate surface area is 99.0 Å². The molecule has 0 amide bonds. The van der Waals surface area contributed by atoms with Gasteiger partial charge in [0.2, 0.25) is 0 Å². The molecule has 0 atom stereocenters. The molecule has 0 unspecified atom stereocenters. The zero-order valence-electron chi connectivity index (χ0n) is 9.33. The van der Waals surface area contributed by atoms with E-state index in [4.69, 9.17) is 21.8 Å². The van der Waals surface area contributed by atoms with Crippen LogP contribution in [0.15, 0.2) is 16.5 Å². The van der Waals surface area contributed by atoms with Gasteiger partial charge in [-0.1, -0.05) is 18.5 Å². The van der Waals surface area contributed by atoms with Crippen LogP contribution in [-0.4, -0.2) is 9.78 Å². The van der Waals surface area contributed by atoms with Gasteiger partial charge in [-0.2, -0.15) is 5.10 Å². The van der Waals surface area contributed by atoms with Gasteiger partial charge in [0.05, 0.1) is 5.69 Å². The van der Waals surface area contributed by atoms with Crippen LogP contribution in [0.4, 0.5) is 5.82 Å². The third kappa shape index (κ3) is 1.93. The van der Waals surface area contributed by atoms with Crippen molar-refractivity contribution < 1.29 is 4.42 Å². The van der Waals surface area contributed by atoms with Crippen molar-refractivity contribution in [1.82, 2.24) is 9.78 Å². The van der Waals surface area contributed by atoms with Gasteiger partial charge in [0, 0.05) is 6.42 Å². The van der Waals surface area contributed by atoms with Crippen LogP contribution < -0.4 is 5.73 Å². The van der Waals surface area contributed by atoms with Crippen LogP contribution >= 0.6 is 11.6 Å². The molecule has 0 aromatic carbocycles. The van der Waals surface area contributed by atoms with Gasteiger partial charge in [-0.15, -0.1) is 0 Å². The molecule has 5 heteroatoms. The fraction of sp³-hybridized carbons (Fsp3) is 0.364. The lowest BCUT2D eigenvalue weighted by Gasteiger charge is -2.00. The first kappa shape index (κ1) is 11.1. The molecule has 0 saturated heterocycles. The number of nitrogen functional groups attached to an aromatic ring is 1. The Hall–Kier alpha value is -1.42. The number of aryl methyl sites for hydroxylation is 2. The van der Waals surface area contributed by atoms with Crippen molar-refractivity contribution in [2.24, 2.45) is 0 Å². The largest absolute Gasteiger partial charge is 0.464 e. The van der Waals surface area contributed by atoms with Crippen LogP contribution in [0.2, 0.25) is 5.02 Å². The summed E-state index contributed by atoms with van der Waals surface area (Å²) in [4.78, 5) is 0. The van der Waals surface area contributed by atoms with Crippen LogP contribution in [-0.2, 0) is 13.0 Å². The highest BCUT2D eigenvalue weighted by Crippen LogP contribution is 2.23. The van der Waals surface area contributed by atoms with E-state index in [0.717, 1.165) is 23.6 Å². The Kier molecular flexibility index (Phi) is 2.92. The molecule has 4 nitrogen and oxygen atoms in total. The number of halogens is 1. The highest BCUT2D eigenvalue weighted by atomic mass is 35.5. The molecular weight excluding hydrogens is 226 g/mol. The molecule has 0 saturated carbocycles. The number of rotatable bonds is 3. The topological polar surface area (TPSA) is 57.0 Å². The summed E-state index contributed by atoms with van der Waals surface area (Å²) >= 11 is 5.96. The minimum atomic E-state index is 0.480. The molecule has 86 valence electrons. The summed E-state index contributed by atoms with van der Waals surface area (Å²) in [5, 5.41) is 4.76. The van der Waals surface area contributed by atoms with E-state index in [1.165, 1.54) is 0 Å². The summed E-state index contributed by atoms with van der Waals surface area (Å²) in [6.45, 7) is 4.39. The number of aromatic nitrogens is 2. The number of furan rings is 1. The lowest BCUT2D eigenvalue weighted by Crippen LogP contribution is -2.05. The smallest absolute Gasteiger partial charge is 0.141 e. The molecule has 0 radical (unpaired) electrons.